The summed E-state index contributed by atoms with van der Waals surface area (Å²) in [7, 11) is 1.39. The number of hydrogen-bond acceptors (Lipinski definition) is 5. The van der Waals surface area contributed by atoms with Crippen molar-refractivity contribution in [1.29, 1.82) is 0 Å². The lowest BCUT2D eigenvalue weighted by Gasteiger charge is -2.23. The molecule has 0 bridgehead atoms. The highest BCUT2D eigenvalue weighted by Crippen LogP contribution is 2.23. The Morgan fingerprint density at radius 2 is 2.17 bits per heavy atom. The summed E-state index contributed by atoms with van der Waals surface area (Å²) in [6, 6.07) is 7.98. The Balaban J connectivity index is 1.54. The van der Waals surface area contributed by atoms with Gasteiger partial charge in [-0.25, -0.2) is 4.79 Å². The van der Waals surface area contributed by atoms with Crippen LogP contribution in [0.5, 0.6) is 0 Å². The summed E-state index contributed by atoms with van der Waals surface area (Å²) >= 11 is 0. The number of benzene rings is 1. The maximum atomic E-state index is 11.5. The minimum absolute atomic E-state index is 0.101. The van der Waals surface area contributed by atoms with Gasteiger partial charge in [0.15, 0.2) is 0 Å². The van der Waals surface area contributed by atoms with E-state index >= 15 is 0 Å². The van der Waals surface area contributed by atoms with Crippen LogP contribution in [0.15, 0.2) is 40.9 Å². The average Bonchev–Trinajstić information content (AvgIpc) is 3.10. The summed E-state index contributed by atoms with van der Waals surface area (Å²) < 4.78 is 4.71. The zero-order valence-electron chi connectivity index (χ0n) is 13.9. The number of nitrogens with one attached hydrogen (secondary N) is 1. The van der Waals surface area contributed by atoms with E-state index in [1.54, 1.807) is 12.1 Å². The molecule has 0 saturated carbocycles. The molecule has 2 N–H and O–H groups in total. The van der Waals surface area contributed by atoms with Crippen LogP contribution in [0.1, 0.15) is 35.2 Å². The van der Waals surface area contributed by atoms with Gasteiger partial charge in [0.1, 0.15) is 0 Å². The lowest BCUT2D eigenvalue weighted by Crippen LogP contribution is -2.40. The Kier molecular flexibility index (Phi) is 5.43. The summed E-state index contributed by atoms with van der Waals surface area (Å²) in [6.07, 6.45) is 7.23. The first kappa shape index (κ1) is 16.9. The average molecular weight is 328 g/mol. The third-order valence-corrected chi connectivity index (χ3v) is 4.78. The highest BCUT2D eigenvalue weighted by molar-refractivity contribution is 5.89. The number of aliphatic imine (C=N–C) groups is 1. The van der Waals surface area contributed by atoms with Crippen molar-refractivity contribution in [3.63, 3.8) is 0 Å². The van der Waals surface area contributed by atoms with Crippen LogP contribution in [0.4, 0.5) is 0 Å². The van der Waals surface area contributed by atoms with Crippen molar-refractivity contribution in [1.82, 2.24) is 5.32 Å². The molecule has 1 fully saturated rings. The van der Waals surface area contributed by atoms with Gasteiger partial charge in [0.2, 0.25) is 0 Å². The minimum atomic E-state index is -0.450. The van der Waals surface area contributed by atoms with E-state index in [1.165, 1.54) is 12.7 Å². The van der Waals surface area contributed by atoms with E-state index in [2.05, 4.69) is 16.4 Å². The summed E-state index contributed by atoms with van der Waals surface area (Å²) in [5.41, 5.74) is 2.77. The van der Waals surface area contributed by atoms with Gasteiger partial charge in [0, 0.05) is 24.7 Å². The Labute approximate surface area is 142 Å². The standard InChI is InChI=1S/C19H24N2O3/c1-24-19(23)14-6-4-13(5-7-14)11-16-8-9-17(21-16)18(22)15-3-2-10-20-12-15/h3-7,10,16-18,21-22H,2,8-9,11-12H2,1H3. The highest BCUT2D eigenvalue weighted by Gasteiger charge is 2.31. The fraction of sp³-hybridized carbons (Fsp3) is 0.474. The van der Waals surface area contributed by atoms with Crippen molar-refractivity contribution < 1.29 is 14.6 Å². The smallest absolute Gasteiger partial charge is 0.337 e. The van der Waals surface area contributed by atoms with Crippen molar-refractivity contribution in [3.8, 4) is 0 Å². The third-order valence-electron chi connectivity index (χ3n) is 4.78. The topological polar surface area (TPSA) is 70.9 Å². The van der Waals surface area contributed by atoms with Crippen molar-refractivity contribution in [2.24, 2.45) is 4.99 Å². The van der Waals surface area contributed by atoms with Gasteiger partial charge >= 0.3 is 5.97 Å². The van der Waals surface area contributed by atoms with Crippen LogP contribution in [0, 0.1) is 0 Å². The van der Waals surface area contributed by atoms with Gasteiger partial charge in [-0.15, -0.1) is 0 Å². The second-order valence-electron chi connectivity index (χ2n) is 6.42. The number of allylic oxidation sites excluding steroid dienone is 1. The van der Waals surface area contributed by atoms with E-state index in [1.807, 2.05) is 18.3 Å². The zero-order valence-corrected chi connectivity index (χ0v) is 13.9. The number of carbonyl (C=O) groups excluding carboxylic acids is 1. The molecular weight excluding hydrogens is 304 g/mol. The molecule has 1 aromatic carbocycles. The summed E-state index contributed by atoms with van der Waals surface area (Å²) in [5, 5.41) is 14.1. The molecule has 2 heterocycles. The number of rotatable bonds is 5. The van der Waals surface area contributed by atoms with E-state index < -0.39 is 6.10 Å². The minimum Gasteiger partial charge on any atom is -0.465 e. The number of dihydropyridines is 1. The molecule has 1 saturated heterocycles. The Bertz CT molecular complexity index is 637. The monoisotopic (exact) mass is 328 g/mol. The fourth-order valence-electron chi connectivity index (χ4n) is 3.43. The molecule has 0 spiro atoms. The lowest BCUT2D eigenvalue weighted by atomic mass is 9.99. The molecule has 2 aliphatic rings. The first-order valence-corrected chi connectivity index (χ1v) is 8.46. The number of aliphatic hydroxyl groups excluding tert-OH is 1. The quantitative estimate of drug-likeness (QED) is 0.640. The third kappa shape index (κ3) is 3.91. The molecule has 5 heteroatoms. The molecule has 5 nitrogen and oxygen atoms in total. The van der Waals surface area contributed by atoms with Crippen LogP contribution < -0.4 is 5.32 Å². The van der Waals surface area contributed by atoms with E-state index in [0.717, 1.165) is 31.3 Å². The number of esters is 1. The number of nitrogens with zero attached hydrogens (tertiary/aromatic N) is 1. The van der Waals surface area contributed by atoms with E-state index in [0.29, 0.717) is 18.2 Å². The summed E-state index contributed by atoms with van der Waals surface area (Å²) in [6.45, 7) is 0.610. The normalized spacial score (nSPS) is 24.5. The second-order valence-corrected chi connectivity index (χ2v) is 6.42. The molecule has 24 heavy (non-hydrogen) atoms. The van der Waals surface area contributed by atoms with E-state index in [9.17, 15) is 9.90 Å². The van der Waals surface area contributed by atoms with Crippen LogP contribution in [0.2, 0.25) is 0 Å². The van der Waals surface area contributed by atoms with Crippen LogP contribution in [0.25, 0.3) is 0 Å². The largest absolute Gasteiger partial charge is 0.465 e. The molecule has 0 aromatic heterocycles. The van der Waals surface area contributed by atoms with Gasteiger partial charge in [-0.3, -0.25) is 4.99 Å². The molecular formula is C19H24N2O3. The number of methoxy groups -OCH3 is 1. The van der Waals surface area contributed by atoms with Gasteiger partial charge in [-0.05, 0) is 42.5 Å². The van der Waals surface area contributed by atoms with Crippen LogP contribution in [0.3, 0.4) is 0 Å². The van der Waals surface area contributed by atoms with Crippen molar-refractivity contribution >= 4 is 12.2 Å². The molecule has 1 aromatic rings. The van der Waals surface area contributed by atoms with Gasteiger partial charge in [0.25, 0.3) is 0 Å². The van der Waals surface area contributed by atoms with Gasteiger partial charge in [0.05, 0.1) is 25.3 Å². The summed E-state index contributed by atoms with van der Waals surface area (Å²) in [5.74, 6) is -0.313. The Morgan fingerprint density at radius 1 is 1.38 bits per heavy atom. The predicted molar refractivity (Wildman–Crippen MR) is 93.5 cm³/mol. The van der Waals surface area contributed by atoms with E-state index in [4.69, 9.17) is 4.74 Å². The number of hydrogen-bond donors (Lipinski definition) is 2. The van der Waals surface area contributed by atoms with Gasteiger partial charge < -0.3 is 15.2 Å². The molecule has 128 valence electrons. The Morgan fingerprint density at radius 3 is 2.83 bits per heavy atom. The van der Waals surface area contributed by atoms with Gasteiger partial charge in [-0.1, -0.05) is 18.2 Å². The first-order valence-electron chi connectivity index (χ1n) is 8.46. The molecule has 0 radical (unpaired) electrons. The maximum absolute atomic E-state index is 11.5. The highest BCUT2D eigenvalue weighted by atomic mass is 16.5. The molecule has 3 atom stereocenters. The molecule has 3 unspecified atom stereocenters. The molecule has 2 aliphatic heterocycles. The SMILES string of the molecule is COC(=O)c1ccc(CC2CCC(C(O)C3=CCC=NC3)N2)cc1. The summed E-state index contributed by atoms with van der Waals surface area (Å²) in [4.78, 5) is 15.7. The molecule has 3 rings (SSSR count). The number of carbonyl (C=O) groups is 1. The lowest BCUT2D eigenvalue weighted by molar-refractivity contribution is 0.0600. The predicted octanol–water partition coefficient (Wildman–Crippen LogP) is 1.90. The molecule has 0 aliphatic carbocycles. The van der Waals surface area contributed by atoms with E-state index in [-0.39, 0.29) is 12.0 Å². The van der Waals surface area contributed by atoms with Crippen molar-refractivity contribution in [2.45, 2.75) is 43.9 Å². The van der Waals surface area contributed by atoms with Crippen LogP contribution in [-0.2, 0) is 11.2 Å². The van der Waals surface area contributed by atoms with Crippen LogP contribution >= 0.6 is 0 Å². The molecule has 0 amide bonds. The van der Waals surface area contributed by atoms with Crippen molar-refractivity contribution in [2.75, 3.05) is 13.7 Å². The second kappa shape index (κ2) is 7.73. The van der Waals surface area contributed by atoms with Crippen molar-refractivity contribution in [3.05, 3.63) is 47.0 Å². The van der Waals surface area contributed by atoms with Crippen LogP contribution in [-0.4, -0.2) is 49.1 Å². The first-order chi connectivity index (χ1) is 11.7. The number of ether oxygens (including phenoxy) is 1. The Hall–Kier alpha value is -1.98. The zero-order chi connectivity index (χ0) is 16.9. The van der Waals surface area contributed by atoms with Gasteiger partial charge in [-0.2, -0.15) is 0 Å². The maximum Gasteiger partial charge on any atom is 0.337 e. The fourth-order valence-corrected chi connectivity index (χ4v) is 3.43. The number of aliphatic hydroxyl groups is 1.